The van der Waals surface area contributed by atoms with Crippen LogP contribution in [0.1, 0.15) is 70.6 Å². The van der Waals surface area contributed by atoms with Gasteiger partial charge in [-0.1, -0.05) is 35.9 Å². The molecule has 0 saturated carbocycles. The van der Waals surface area contributed by atoms with Gasteiger partial charge in [0.15, 0.2) is 6.10 Å². The lowest BCUT2D eigenvalue weighted by molar-refractivity contribution is -0.163. The molecular weight excluding hydrogens is 514 g/mol. The van der Waals surface area contributed by atoms with Crippen LogP contribution in [-0.2, 0) is 28.8 Å². The number of carbonyl (C=O) groups excluding carboxylic acids is 1. The number of halogens is 4. The second-order valence-electron chi connectivity index (χ2n) is 10.7. The number of amides is 1. The number of aryl methyl sites for hydroxylation is 1. The average molecular weight is 544 g/mol. The van der Waals surface area contributed by atoms with Gasteiger partial charge in [-0.05, 0) is 80.6 Å². The summed E-state index contributed by atoms with van der Waals surface area (Å²) in [5.41, 5.74) is -0.771. The van der Waals surface area contributed by atoms with Crippen LogP contribution in [0.3, 0.4) is 0 Å². The molecule has 39 heavy (non-hydrogen) atoms. The van der Waals surface area contributed by atoms with Crippen molar-refractivity contribution in [1.29, 1.82) is 0 Å². The van der Waals surface area contributed by atoms with Gasteiger partial charge in [0.1, 0.15) is 5.82 Å². The third-order valence-corrected chi connectivity index (χ3v) is 6.67. The summed E-state index contributed by atoms with van der Waals surface area (Å²) in [5, 5.41) is 10.2. The van der Waals surface area contributed by atoms with Crippen molar-refractivity contribution in [3.8, 4) is 11.1 Å². The van der Waals surface area contributed by atoms with E-state index in [1.807, 2.05) is 6.92 Å². The van der Waals surface area contributed by atoms with Crippen LogP contribution in [0.15, 0.2) is 48.5 Å². The molecule has 1 aliphatic heterocycles. The van der Waals surface area contributed by atoms with Crippen molar-refractivity contribution in [1.82, 2.24) is 4.90 Å². The summed E-state index contributed by atoms with van der Waals surface area (Å²) < 4.78 is 64.4. The Bertz CT molecular complexity index is 1440. The Morgan fingerprint density at radius 1 is 0.974 bits per heavy atom. The minimum absolute atomic E-state index is 0.00692. The first-order valence-corrected chi connectivity index (χ1v) is 12.4. The minimum Gasteiger partial charge on any atom is -0.479 e. The molecule has 0 fully saturated rings. The number of nitrogens with zero attached hydrogens (tertiary/aromatic N) is 1. The Kier molecular flexibility index (Phi) is 7.33. The molecule has 4 rings (SSSR count). The summed E-state index contributed by atoms with van der Waals surface area (Å²) in [6.45, 7) is 7.62. The van der Waals surface area contributed by atoms with Gasteiger partial charge in [-0.3, -0.25) is 4.79 Å². The molecule has 206 valence electrons. The maximum Gasteiger partial charge on any atom is 0.417 e. The highest BCUT2D eigenvalue weighted by Gasteiger charge is 2.46. The van der Waals surface area contributed by atoms with Gasteiger partial charge in [-0.25, -0.2) is 9.18 Å². The largest absolute Gasteiger partial charge is 0.479 e. The summed E-state index contributed by atoms with van der Waals surface area (Å²) >= 11 is 0. The quantitative estimate of drug-likeness (QED) is 0.345. The fourth-order valence-electron chi connectivity index (χ4n) is 5.06. The summed E-state index contributed by atoms with van der Waals surface area (Å²) in [4.78, 5) is 26.9. The molecule has 0 aromatic heterocycles. The molecule has 1 N–H and O–H groups in total. The molecule has 1 aliphatic rings. The van der Waals surface area contributed by atoms with Gasteiger partial charge in [0.25, 0.3) is 5.91 Å². The maximum atomic E-state index is 15.0. The van der Waals surface area contributed by atoms with Crippen molar-refractivity contribution in [2.75, 3.05) is 0 Å². The van der Waals surface area contributed by atoms with Crippen molar-refractivity contribution in [2.45, 2.75) is 65.6 Å². The molecule has 5 nitrogen and oxygen atoms in total. The molecule has 1 atom stereocenters. The Morgan fingerprint density at radius 3 is 2.13 bits per heavy atom. The van der Waals surface area contributed by atoms with Gasteiger partial charge in [-0.15, -0.1) is 0 Å². The normalized spacial score (nSPS) is 14.3. The summed E-state index contributed by atoms with van der Waals surface area (Å²) in [7, 11) is 0. The Morgan fingerprint density at radius 2 is 1.59 bits per heavy atom. The molecule has 0 spiro atoms. The van der Waals surface area contributed by atoms with E-state index in [2.05, 4.69) is 0 Å². The van der Waals surface area contributed by atoms with E-state index in [-0.39, 0.29) is 28.8 Å². The van der Waals surface area contributed by atoms with Gasteiger partial charge in [-0.2, -0.15) is 13.2 Å². The molecule has 0 unspecified atom stereocenters. The Hall–Kier alpha value is -3.72. The zero-order valence-corrected chi connectivity index (χ0v) is 22.2. The second kappa shape index (κ2) is 10.1. The van der Waals surface area contributed by atoms with Crippen LogP contribution in [0, 0.1) is 19.7 Å². The number of carbonyl (C=O) groups is 2. The average Bonchev–Trinajstić information content (AvgIpc) is 3.26. The van der Waals surface area contributed by atoms with Crippen LogP contribution < -0.4 is 0 Å². The number of rotatable bonds is 5. The lowest BCUT2D eigenvalue weighted by Gasteiger charge is -2.31. The van der Waals surface area contributed by atoms with E-state index in [9.17, 15) is 32.3 Å². The van der Waals surface area contributed by atoms with Crippen molar-refractivity contribution in [3.05, 3.63) is 93.3 Å². The van der Waals surface area contributed by atoms with Crippen molar-refractivity contribution >= 4 is 11.9 Å². The number of aliphatic carboxylic acids is 1. The van der Waals surface area contributed by atoms with Gasteiger partial charge in [0.2, 0.25) is 0 Å². The standard InChI is InChI=1S/C30H29F4NO4/c1-16-9-11-18(12-10-16)23-17(2)21-14-35(27(36)19-7-6-8-20(31)13-19)15-22(21)25(30(32,33)34)24(23)26(28(37)38)39-29(3,4)5/h6-13,26H,14-15H2,1-5H3,(H,37,38)/t26-/m0/s1. The van der Waals surface area contributed by atoms with Gasteiger partial charge in [0.05, 0.1) is 11.2 Å². The zero-order valence-electron chi connectivity index (χ0n) is 22.2. The molecule has 0 radical (unpaired) electrons. The summed E-state index contributed by atoms with van der Waals surface area (Å²) in [6.07, 6.45) is -6.89. The molecule has 1 heterocycles. The fraction of sp³-hybridized carbons (Fsp3) is 0.333. The van der Waals surface area contributed by atoms with Crippen LogP contribution >= 0.6 is 0 Å². The monoisotopic (exact) mass is 543 g/mol. The van der Waals surface area contributed by atoms with E-state index in [1.54, 1.807) is 52.0 Å². The molecule has 0 aliphatic carbocycles. The van der Waals surface area contributed by atoms with Crippen LogP contribution in [0.2, 0.25) is 0 Å². The number of alkyl halides is 3. The van der Waals surface area contributed by atoms with E-state index >= 15 is 0 Å². The number of fused-ring (bicyclic) bond motifs is 1. The first kappa shape index (κ1) is 28.3. The topological polar surface area (TPSA) is 66.8 Å². The van der Waals surface area contributed by atoms with Crippen LogP contribution in [0.4, 0.5) is 17.6 Å². The molecular formula is C30H29F4NO4. The van der Waals surface area contributed by atoms with Gasteiger partial charge >= 0.3 is 12.1 Å². The molecule has 3 aromatic carbocycles. The molecule has 1 amide bonds. The van der Waals surface area contributed by atoms with Crippen molar-refractivity contribution < 1.29 is 37.0 Å². The van der Waals surface area contributed by atoms with Crippen LogP contribution in [0.5, 0.6) is 0 Å². The predicted molar refractivity (Wildman–Crippen MR) is 138 cm³/mol. The number of hydrogen-bond acceptors (Lipinski definition) is 3. The van der Waals surface area contributed by atoms with Crippen LogP contribution in [-0.4, -0.2) is 27.5 Å². The predicted octanol–water partition coefficient (Wildman–Crippen LogP) is 7.23. The van der Waals surface area contributed by atoms with Crippen molar-refractivity contribution in [2.24, 2.45) is 0 Å². The minimum atomic E-state index is -4.96. The van der Waals surface area contributed by atoms with E-state index in [4.69, 9.17) is 4.74 Å². The number of carboxylic acid groups (broad SMARTS) is 1. The number of carboxylic acids is 1. The van der Waals surface area contributed by atoms with Gasteiger partial charge < -0.3 is 14.7 Å². The lowest BCUT2D eigenvalue weighted by atomic mass is 9.82. The highest BCUT2D eigenvalue weighted by molar-refractivity contribution is 5.95. The summed E-state index contributed by atoms with van der Waals surface area (Å²) in [6, 6.07) is 11.7. The highest BCUT2D eigenvalue weighted by Crippen LogP contribution is 2.49. The number of benzene rings is 3. The lowest BCUT2D eigenvalue weighted by Crippen LogP contribution is -2.30. The summed E-state index contributed by atoms with van der Waals surface area (Å²) in [5.74, 6) is -2.83. The molecule has 0 bridgehead atoms. The first-order chi connectivity index (χ1) is 18.1. The van der Waals surface area contributed by atoms with E-state index in [0.29, 0.717) is 11.1 Å². The molecule has 3 aromatic rings. The smallest absolute Gasteiger partial charge is 0.417 e. The fourth-order valence-corrected chi connectivity index (χ4v) is 5.06. The van der Waals surface area contributed by atoms with Gasteiger partial charge in [0, 0.05) is 24.2 Å². The second-order valence-corrected chi connectivity index (χ2v) is 10.7. The maximum absolute atomic E-state index is 15.0. The number of ether oxygens (including phenoxy) is 1. The number of hydrogen-bond donors (Lipinski definition) is 1. The SMILES string of the molecule is Cc1ccc(-c2c(C)c3c(c(C(F)(F)F)c2[C@H](OC(C)(C)C)C(=O)O)CN(C(=O)c2cccc(F)c2)C3)cc1. The van der Waals surface area contributed by atoms with E-state index in [1.165, 1.54) is 23.1 Å². The highest BCUT2D eigenvalue weighted by atomic mass is 19.4. The van der Waals surface area contributed by atoms with E-state index in [0.717, 1.165) is 11.6 Å². The Labute approximate surface area is 224 Å². The first-order valence-electron chi connectivity index (χ1n) is 12.4. The third-order valence-electron chi connectivity index (χ3n) is 6.67. The third kappa shape index (κ3) is 5.68. The zero-order chi connectivity index (χ0) is 28.9. The van der Waals surface area contributed by atoms with Crippen molar-refractivity contribution in [3.63, 3.8) is 0 Å². The van der Waals surface area contributed by atoms with E-state index < -0.39 is 53.2 Å². The van der Waals surface area contributed by atoms with Crippen LogP contribution in [0.25, 0.3) is 11.1 Å². The Balaban J connectivity index is 2.02. The molecule has 0 saturated heterocycles. The molecule has 9 heteroatoms.